The molecule has 1 aliphatic rings. The number of carbonyl (C=O) groups excluding carboxylic acids is 1. The molecule has 0 aliphatic heterocycles. The summed E-state index contributed by atoms with van der Waals surface area (Å²) in [7, 11) is 0. The van der Waals surface area contributed by atoms with Crippen LogP contribution in [0.25, 0.3) is 11.4 Å². The molecule has 7 heteroatoms. The number of carbonyl (C=O) groups is 1. The fraction of sp³-hybridized carbons (Fsp3) is 0.167. The summed E-state index contributed by atoms with van der Waals surface area (Å²) in [4.78, 5) is 12.4. The second kappa shape index (κ2) is 6.17. The highest BCUT2D eigenvalue weighted by Gasteiger charge is 2.28. The molecule has 0 radical (unpaired) electrons. The van der Waals surface area contributed by atoms with Crippen LogP contribution in [-0.4, -0.2) is 26.1 Å². The molecule has 1 N–H and O–H groups in total. The molecule has 2 aromatic carbocycles. The topological polar surface area (TPSA) is 96.5 Å². The predicted octanol–water partition coefficient (Wildman–Crippen LogP) is 2.80. The number of rotatable bonds is 4. The maximum atomic E-state index is 12.4. The molecule has 0 bridgehead atoms. The monoisotopic (exact) mass is 330 g/mol. The van der Waals surface area contributed by atoms with Gasteiger partial charge >= 0.3 is 0 Å². The van der Waals surface area contributed by atoms with E-state index in [1.54, 1.807) is 24.3 Å². The third-order valence-electron chi connectivity index (χ3n) is 4.04. The molecule has 4 rings (SSSR count). The number of nitrogens with one attached hydrogen (secondary N) is 1. The SMILES string of the molecule is N#Cc1ccc(C(=O)Nc2cccc(-c3nnnn3C3CC3)c2)cc1. The molecule has 1 amide bonds. The molecule has 7 nitrogen and oxygen atoms in total. The van der Waals surface area contributed by atoms with Crippen LogP contribution in [0.5, 0.6) is 0 Å². The summed E-state index contributed by atoms with van der Waals surface area (Å²) in [5, 5.41) is 23.6. The minimum Gasteiger partial charge on any atom is -0.322 e. The molecular formula is C18H14N6O. The van der Waals surface area contributed by atoms with E-state index in [1.165, 1.54) is 0 Å². The van der Waals surface area contributed by atoms with Crippen LogP contribution in [0.1, 0.15) is 34.8 Å². The average molecular weight is 330 g/mol. The van der Waals surface area contributed by atoms with Crippen molar-refractivity contribution in [3.63, 3.8) is 0 Å². The molecular weight excluding hydrogens is 316 g/mol. The zero-order valence-electron chi connectivity index (χ0n) is 13.3. The van der Waals surface area contributed by atoms with Gasteiger partial charge in [-0.2, -0.15) is 5.26 Å². The van der Waals surface area contributed by atoms with E-state index in [-0.39, 0.29) is 5.91 Å². The van der Waals surface area contributed by atoms with E-state index in [0.717, 1.165) is 18.4 Å². The second-order valence-electron chi connectivity index (χ2n) is 5.90. The van der Waals surface area contributed by atoms with Crippen molar-refractivity contribution < 1.29 is 4.79 Å². The van der Waals surface area contributed by atoms with Gasteiger partial charge in [0, 0.05) is 16.8 Å². The van der Waals surface area contributed by atoms with E-state index >= 15 is 0 Å². The molecule has 0 unspecified atom stereocenters. The van der Waals surface area contributed by atoms with E-state index in [2.05, 4.69) is 20.8 Å². The fourth-order valence-electron chi connectivity index (χ4n) is 2.58. The van der Waals surface area contributed by atoms with Gasteiger partial charge in [0.05, 0.1) is 17.7 Å². The van der Waals surface area contributed by atoms with E-state index < -0.39 is 0 Å². The van der Waals surface area contributed by atoms with Gasteiger partial charge in [0.1, 0.15) is 0 Å². The maximum Gasteiger partial charge on any atom is 0.255 e. The van der Waals surface area contributed by atoms with E-state index in [4.69, 9.17) is 5.26 Å². The Morgan fingerprint density at radius 2 is 2.00 bits per heavy atom. The molecule has 0 saturated heterocycles. The number of nitriles is 1. The molecule has 122 valence electrons. The van der Waals surface area contributed by atoms with Crippen LogP contribution in [0, 0.1) is 11.3 Å². The van der Waals surface area contributed by atoms with Gasteiger partial charge in [-0.25, -0.2) is 4.68 Å². The molecule has 1 aromatic heterocycles. The Labute approximate surface area is 143 Å². The van der Waals surface area contributed by atoms with Crippen molar-refractivity contribution in [1.29, 1.82) is 5.26 Å². The number of nitrogens with zero attached hydrogens (tertiary/aromatic N) is 5. The molecule has 1 fully saturated rings. The van der Waals surface area contributed by atoms with Crippen LogP contribution in [-0.2, 0) is 0 Å². The minimum absolute atomic E-state index is 0.233. The average Bonchev–Trinajstić information content (AvgIpc) is 3.38. The summed E-state index contributed by atoms with van der Waals surface area (Å²) in [5.74, 6) is 0.473. The molecule has 1 heterocycles. The molecule has 3 aromatic rings. The number of anilines is 1. The zero-order valence-corrected chi connectivity index (χ0v) is 13.3. The lowest BCUT2D eigenvalue weighted by molar-refractivity contribution is 0.102. The first kappa shape index (κ1) is 15.0. The van der Waals surface area contributed by atoms with Gasteiger partial charge in [0.25, 0.3) is 5.91 Å². The first-order valence-corrected chi connectivity index (χ1v) is 7.94. The zero-order chi connectivity index (χ0) is 17.2. The standard InChI is InChI=1S/C18H14N6O/c19-11-12-4-6-13(7-5-12)18(25)20-15-3-1-2-14(10-15)17-21-22-23-24(17)16-8-9-16/h1-7,10,16H,8-9H2,(H,20,25). The second-order valence-corrected chi connectivity index (χ2v) is 5.90. The Morgan fingerprint density at radius 3 is 2.72 bits per heavy atom. The first-order valence-electron chi connectivity index (χ1n) is 7.94. The number of tetrazole rings is 1. The summed E-state index contributed by atoms with van der Waals surface area (Å²) < 4.78 is 1.83. The van der Waals surface area contributed by atoms with Crippen molar-refractivity contribution in [2.45, 2.75) is 18.9 Å². The lowest BCUT2D eigenvalue weighted by atomic mass is 10.1. The van der Waals surface area contributed by atoms with Crippen molar-refractivity contribution in [2.75, 3.05) is 5.32 Å². The number of amides is 1. The number of hydrogen-bond donors (Lipinski definition) is 1. The normalized spacial score (nSPS) is 13.2. The van der Waals surface area contributed by atoms with Crippen molar-refractivity contribution in [1.82, 2.24) is 20.2 Å². The van der Waals surface area contributed by atoms with Crippen LogP contribution >= 0.6 is 0 Å². The summed E-state index contributed by atoms with van der Waals surface area (Å²) in [5.41, 5.74) is 2.53. The number of hydrogen-bond acceptors (Lipinski definition) is 5. The largest absolute Gasteiger partial charge is 0.322 e. The molecule has 0 atom stereocenters. The lowest BCUT2D eigenvalue weighted by Crippen LogP contribution is -2.11. The van der Waals surface area contributed by atoms with Crippen LogP contribution < -0.4 is 5.32 Å². The van der Waals surface area contributed by atoms with E-state index in [9.17, 15) is 4.79 Å². The highest BCUT2D eigenvalue weighted by molar-refractivity contribution is 6.04. The highest BCUT2D eigenvalue weighted by Crippen LogP contribution is 2.36. The Morgan fingerprint density at radius 1 is 1.20 bits per heavy atom. The summed E-state index contributed by atoms with van der Waals surface area (Å²) >= 11 is 0. The lowest BCUT2D eigenvalue weighted by Gasteiger charge is -2.08. The highest BCUT2D eigenvalue weighted by atomic mass is 16.1. The van der Waals surface area contributed by atoms with Crippen molar-refractivity contribution in [3.05, 3.63) is 59.7 Å². The van der Waals surface area contributed by atoms with Crippen LogP contribution in [0.15, 0.2) is 48.5 Å². The Kier molecular flexibility index (Phi) is 3.71. The van der Waals surface area contributed by atoms with Crippen LogP contribution in [0.4, 0.5) is 5.69 Å². The van der Waals surface area contributed by atoms with Crippen molar-refractivity contribution in [3.8, 4) is 17.5 Å². The number of benzene rings is 2. The smallest absolute Gasteiger partial charge is 0.255 e. The molecule has 25 heavy (non-hydrogen) atoms. The van der Waals surface area contributed by atoms with E-state index in [0.29, 0.717) is 28.7 Å². The first-order chi connectivity index (χ1) is 12.2. The summed E-state index contributed by atoms with van der Waals surface area (Å²) in [6.07, 6.45) is 2.18. The number of aromatic nitrogens is 4. The van der Waals surface area contributed by atoms with E-state index in [1.807, 2.05) is 35.0 Å². The quantitative estimate of drug-likeness (QED) is 0.793. The van der Waals surface area contributed by atoms with Gasteiger partial charge in [-0.15, -0.1) is 5.10 Å². The third-order valence-corrected chi connectivity index (χ3v) is 4.04. The van der Waals surface area contributed by atoms with Crippen LogP contribution in [0.3, 0.4) is 0 Å². The summed E-state index contributed by atoms with van der Waals surface area (Å²) in [6, 6.07) is 16.4. The Bertz CT molecular complexity index is 966. The fourth-order valence-corrected chi connectivity index (χ4v) is 2.58. The minimum atomic E-state index is -0.233. The van der Waals surface area contributed by atoms with Gasteiger partial charge in [0.2, 0.25) is 0 Å². The molecule has 1 aliphatic carbocycles. The predicted molar refractivity (Wildman–Crippen MR) is 90.6 cm³/mol. The Hall–Kier alpha value is -3.53. The third kappa shape index (κ3) is 3.10. The molecule has 1 saturated carbocycles. The van der Waals surface area contributed by atoms with Crippen molar-refractivity contribution >= 4 is 11.6 Å². The van der Waals surface area contributed by atoms with Gasteiger partial charge in [-0.3, -0.25) is 4.79 Å². The van der Waals surface area contributed by atoms with Gasteiger partial charge in [0.15, 0.2) is 5.82 Å². The molecule has 0 spiro atoms. The van der Waals surface area contributed by atoms with Gasteiger partial charge < -0.3 is 5.32 Å². The summed E-state index contributed by atoms with van der Waals surface area (Å²) in [6.45, 7) is 0. The van der Waals surface area contributed by atoms with Gasteiger partial charge in [-0.1, -0.05) is 12.1 Å². The van der Waals surface area contributed by atoms with Crippen LogP contribution in [0.2, 0.25) is 0 Å². The maximum absolute atomic E-state index is 12.4. The Balaban J connectivity index is 1.56. The van der Waals surface area contributed by atoms with Gasteiger partial charge in [-0.05, 0) is 59.7 Å². The van der Waals surface area contributed by atoms with Crippen molar-refractivity contribution in [2.24, 2.45) is 0 Å².